The highest BCUT2D eigenvalue weighted by Gasteiger charge is 2.20. The predicted octanol–water partition coefficient (Wildman–Crippen LogP) is 1.17. The minimum Gasteiger partial charge on any atom is -0.388 e. The first-order valence-corrected chi connectivity index (χ1v) is 5.31. The molecule has 1 rings (SSSR count). The molecule has 0 radical (unpaired) electrons. The van der Waals surface area contributed by atoms with Crippen molar-refractivity contribution in [3.05, 3.63) is 11.3 Å². The third-order valence-corrected chi connectivity index (χ3v) is 2.73. The molecule has 0 aromatic carbocycles. The topological polar surface area (TPSA) is 73.9 Å². The van der Waals surface area contributed by atoms with Crippen molar-refractivity contribution in [1.29, 1.82) is 5.26 Å². The van der Waals surface area contributed by atoms with Crippen LogP contribution in [-0.4, -0.2) is 27.0 Å². The molecule has 5 heteroatoms. The smallest absolute Gasteiger partial charge is 0.142 e. The van der Waals surface area contributed by atoms with Gasteiger partial charge in [-0.3, -0.25) is 4.68 Å². The number of aromatic nitrogens is 2. The van der Waals surface area contributed by atoms with Gasteiger partial charge in [0.15, 0.2) is 0 Å². The number of aliphatic hydroxyl groups is 1. The molecular formula is C11H18N4O. The zero-order valence-electron chi connectivity index (χ0n) is 10.2. The fourth-order valence-electron chi connectivity index (χ4n) is 1.39. The van der Waals surface area contributed by atoms with E-state index < -0.39 is 5.60 Å². The largest absolute Gasteiger partial charge is 0.388 e. The van der Waals surface area contributed by atoms with E-state index in [9.17, 15) is 5.11 Å². The van der Waals surface area contributed by atoms with Crippen LogP contribution in [0.25, 0.3) is 0 Å². The van der Waals surface area contributed by atoms with Crippen molar-refractivity contribution in [2.75, 3.05) is 11.9 Å². The summed E-state index contributed by atoms with van der Waals surface area (Å²) >= 11 is 0. The summed E-state index contributed by atoms with van der Waals surface area (Å²) in [6.45, 7) is 5.87. The standard InChI is InChI=1S/C11H18N4O/c1-5-11(3,16)7-13-10-9(6-12)8(2)14-15(10)4/h13,16H,5,7H2,1-4H3. The highest BCUT2D eigenvalue weighted by molar-refractivity contribution is 5.55. The fraction of sp³-hybridized carbons (Fsp3) is 0.636. The van der Waals surface area contributed by atoms with E-state index in [0.29, 0.717) is 30.0 Å². The fourth-order valence-corrected chi connectivity index (χ4v) is 1.39. The van der Waals surface area contributed by atoms with E-state index in [2.05, 4.69) is 16.5 Å². The van der Waals surface area contributed by atoms with Crippen LogP contribution in [0.4, 0.5) is 5.82 Å². The second-order valence-electron chi connectivity index (χ2n) is 4.25. The molecule has 2 N–H and O–H groups in total. The van der Waals surface area contributed by atoms with Crippen molar-refractivity contribution < 1.29 is 5.11 Å². The Balaban J connectivity index is 2.86. The van der Waals surface area contributed by atoms with Gasteiger partial charge in [0, 0.05) is 13.6 Å². The van der Waals surface area contributed by atoms with Crippen LogP contribution < -0.4 is 5.32 Å². The maximum absolute atomic E-state index is 9.87. The Morgan fingerprint density at radius 2 is 2.25 bits per heavy atom. The quantitative estimate of drug-likeness (QED) is 0.802. The van der Waals surface area contributed by atoms with E-state index in [1.54, 1.807) is 25.6 Å². The van der Waals surface area contributed by atoms with Crippen molar-refractivity contribution in [1.82, 2.24) is 9.78 Å². The molecule has 0 aliphatic heterocycles. The zero-order chi connectivity index (χ0) is 12.3. The molecule has 16 heavy (non-hydrogen) atoms. The molecule has 0 saturated carbocycles. The highest BCUT2D eigenvalue weighted by Crippen LogP contribution is 2.18. The summed E-state index contributed by atoms with van der Waals surface area (Å²) in [4.78, 5) is 0. The Hall–Kier alpha value is -1.54. The van der Waals surface area contributed by atoms with Crippen LogP contribution in [0.1, 0.15) is 31.5 Å². The molecule has 1 atom stereocenters. The van der Waals surface area contributed by atoms with Crippen LogP contribution >= 0.6 is 0 Å². The Morgan fingerprint density at radius 1 is 1.62 bits per heavy atom. The molecule has 0 saturated heterocycles. The average molecular weight is 222 g/mol. The number of nitriles is 1. The number of aryl methyl sites for hydroxylation is 2. The Kier molecular flexibility index (Phi) is 3.55. The van der Waals surface area contributed by atoms with Crippen molar-refractivity contribution in [3.8, 4) is 6.07 Å². The molecule has 1 aromatic rings. The normalized spacial score (nSPS) is 14.2. The molecule has 1 heterocycles. The monoisotopic (exact) mass is 222 g/mol. The summed E-state index contributed by atoms with van der Waals surface area (Å²) in [5, 5.41) is 26.1. The van der Waals surface area contributed by atoms with Gasteiger partial charge in [0.1, 0.15) is 17.5 Å². The molecule has 0 bridgehead atoms. The summed E-state index contributed by atoms with van der Waals surface area (Å²) in [6, 6.07) is 2.11. The number of hydrogen-bond acceptors (Lipinski definition) is 4. The number of rotatable bonds is 4. The van der Waals surface area contributed by atoms with Gasteiger partial charge in [0.25, 0.3) is 0 Å². The summed E-state index contributed by atoms with van der Waals surface area (Å²) in [5.74, 6) is 0.661. The molecule has 0 amide bonds. The van der Waals surface area contributed by atoms with Crippen molar-refractivity contribution >= 4 is 5.82 Å². The lowest BCUT2D eigenvalue weighted by Gasteiger charge is -2.22. The number of hydrogen-bond donors (Lipinski definition) is 2. The Bertz CT molecular complexity index is 414. The predicted molar refractivity (Wildman–Crippen MR) is 62.1 cm³/mol. The molecule has 0 aliphatic carbocycles. The minimum atomic E-state index is -0.773. The molecule has 1 aromatic heterocycles. The molecule has 88 valence electrons. The van der Waals surface area contributed by atoms with Gasteiger partial charge in [0.05, 0.1) is 11.3 Å². The Labute approximate surface area is 95.7 Å². The van der Waals surface area contributed by atoms with Gasteiger partial charge in [0.2, 0.25) is 0 Å². The van der Waals surface area contributed by atoms with E-state index in [1.807, 2.05) is 6.92 Å². The van der Waals surface area contributed by atoms with Gasteiger partial charge in [-0.15, -0.1) is 0 Å². The third-order valence-electron chi connectivity index (χ3n) is 2.73. The number of anilines is 1. The maximum Gasteiger partial charge on any atom is 0.142 e. The minimum absolute atomic E-state index is 0.400. The van der Waals surface area contributed by atoms with Gasteiger partial charge in [-0.05, 0) is 20.3 Å². The first-order valence-electron chi connectivity index (χ1n) is 5.31. The maximum atomic E-state index is 9.87. The van der Waals surface area contributed by atoms with Crippen molar-refractivity contribution in [3.63, 3.8) is 0 Å². The van der Waals surface area contributed by atoms with E-state index in [0.717, 1.165) is 0 Å². The summed E-state index contributed by atoms with van der Waals surface area (Å²) in [6.07, 6.45) is 0.652. The molecular weight excluding hydrogens is 204 g/mol. The van der Waals surface area contributed by atoms with Gasteiger partial charge < -0.3 is 10.4 Å². The van der Waals surface area contributed by atoms with E-state index in [4.69, 9.17) is 5.26 Å². The lowest BCUT2D eigenvalue weighted by molar-refractivity contribution is 0.0696. The molecule has 0 aliphatic rings. The molecule has 0 spiro atoms. The first kappa shape index (κ1) is 12.5. The average Bonchev–Trinajstić information content (AvgIpc) is 2.50. The van der Waals surface area contributed by atoms with Crippen molar-refractivity contribution in [2.45, 2.75) is 32.8 Å². The van der Waals surface area contributed by atoms with Gasteiger partial charge in [-0.2, -0.15) is 10.4 Å². The summed E-state index contributed by atoms with van der Waals surface area (Å²) in [5.41, 5.74) is 0.461. The SMILES string of the molecule is CCC(C)(O)CNc1c(C#N)c(C)nn1C. The third kappa shape index (κ3) is 2.52. The Morgan fingerprint density at radius 3 is 2.75 bits per heavy atom. The van der Waals surface area contributed by atoms with Crippen molar-refractivity contribution in [2.24, 2.45) is 7.05 Å². The van der Waals surface area contributed by atoms with E-state index in [-0.39, 0.29) is 0 Å². The lowest BCUT2D eigenvalue weighted by Crippen LogP contribution is -2.33. The van der Waals surface area contributed by atoms with Crippen LogP contribution in [0.5, 0.6) is 0 Å². The van der Waals surface area contributed by atoms with Crippen LogP contribution in [0.2, 0.25) is 0 Å². The zero-order valence-corrected chi connectivity index (χ0v) is 10.2. The summed E-state index contributed by atoms with van der Waals surface area (Å²) in [7, 11) is 1.77. The molecule has 5 nitrogen and oxygen atoms in total. The highest BCUT2D eigenvalue weighted by atomic mass is 16.3. The second-order valence-corrected chi connectivity index (χ2v) is 4.25. The van der Waals surface area contributed by atoms with Crippen LogP contribution in [0, 0.1) is 18.3 Å². The van der Waals surface area contributed by atoms with Gasteiger partial charge in [-0.1, -0.05) is 6.92 Å². The van der Waals surface area contributed by atoms with Gasteiger partial charge in [-0.25, -0.2) is 0 Å². The van der Waals surface area contributed by atoms with Crippen LogP contribution in [0.3, 0.4) is 0 Å². The molecule has 0 fully saturated rings. The second kappa shape index (κ2) is 4.54. The number of nitrogens with one attached hydrogen (secondary N) is 1. The molecule has 1 unspecified atom stereocenters. The van der Waals surface area contributed by atoms with Gasteiger partial charge >= 0.3 is 0 Å². The number of nitrogens with zero attached hydrogens (tertiary/aromatic N) is 3. The lowest BCUT2D eigenvalue weighted by atomic mass is 10.0. The van der Waals surface area contributed by atoms with E-state index in [1.165, 1.54) is 0 Å². The first-order chi connectivity index (χ1) is 7.41. The summed E-state index contributed by atoms with van der Waals surface area (Å²) < 4.78 is 1.62. The van der Waals surface area contributed by atoms with E-state index >= 15 is 0 Å². The van der Waals surface area contributed by atoms with Crippen LogP contribution in [-0.2, 0) is 7.05 Å². The van der Waals surface area contributed by atoms with Crippen LogP contribution in [0.15, 0.2) is 0 Å².